The zero-order chi connectivity index (χ0) is 24.6. The third-order valence-corrected chi connectivity index (χ3v) is 8.12. The summed E-state index contributed by atoms with van der Waals surface area (Å²) < 4.78 is 0. The fraction of sp³-hybridized carbons (Fsp3) is 0.296. The summed E-state index contributed by atoms with van der Waals surface area (Å²) in [6, 6.07) is 21.6. The van der Waals surface area contributed by atoms with Crippen LogP contribution in [0.4, 0.5) is 11.4 Å². The number of nitriles is 2. The molecular formula is C27H28N6S2. The van der Waals surface area contributed by atoms with Crippen molar-refractivity contribution in [2.45, 2.75) is 26.7 Å². The Balaban J connectivity index is 1.44. The fourth-order valence-electron chi connectivity index (χ4n) is 3.76. The number of aliphatic imine (C=N–C) groups is 1. The van der Waals surface area contributed by atoms with Crippen LogP contribution in [0.1, 0.15) is 25.0 Å². The van der Waals surface area contributed by atoms with Gasteiger partial charge in [-0.1, -0.05) is 61.6 Å². The molecule has 0 spiro atoms. The molecule has 1 N–H and O–H groups in total. The van der Waals surface area contributed by atoms with Gasteiger partial charge in [-0.25, -0.2) is 0 Å². The van der Waals surface area contributed by atoms with Crippen molar-refractivity contribution in [2.24, 2.45) is 4.99 Å². The Morgan fingerprint density at radius 3 is 1.97 bits per heavy atom. The molecule has 35 heavy (non-hydrogen) atoms. The second kappa shape index (κ2) is 11.9. The molecule has 178 valence electrons. The average molecular weight is 501 g/mol. The van der Waals surface area contributed by atoms with Crippen molar-refractivity contribution in [3.05, 3.63) is 81.9 Å². The molecule has 4 rings (SSSR count). The SMILES string of the molecule is CCc1ccc(N2CN=C(C(C#N)=CC(C#N)=C3NCN(c4ccc(CC)cc4)CS3)SC2)cc1. The zero-order valence-corrected chi connectivity index (χ0v) is 21.6. The first-order chi connectivity index (χ1) is 17.1. The van der Waals surface area contributed by atoms with Crippen LogP contribution >= 0.6 is 23.5 Å². The van der Waals surface area contributed by atoms with Crippen LogP contribution in [-0.4, -0.2) is 30.1 Å². The second-order valence-electron chi connectivity index (χ2n) is 8.13. The summed E-state index contributed by atoms with van der Waals surface area (Å²) in [6.07, 6.45) is 3.70. The van der Waals surface area contributed by atoms with Crippen LogP contribution in [0, 0.1) is 22.7 Å². The maximum absolute atomic E-state index is 9.81. The molecule has 1 fully saturated rings. The van der Waals surface area contributed by atoms with Gasteiger partial charge in [-0.05, 0) is 54.3 Å². The molecule has 0 radical (unpaired) electrons. The lowest BCUT2D eigenvalue weighted by Gasteiger charge is -2.31. The van der Waals surface area contributed by atoms with Gasteiger partial charge in [-0.2, -0.15) is 10.5 Å². The first kappa shape index (κ1) is 24.8. The van der Waals surface area contributed by atoms with Gasteiger partial charge in [0.25, 0.3) is 0 Å². The van der Waals surface area contributed by atoms with Crippen molar-refractivity contribution < 1.29 is 0 Å². The molecule has 2 heterocycles. The molecule has 2 aliphatic heterocycles. The number of nitrogens with zero attached hydrogens (tertiary/aromatic N) is 5. The molecule has 0 unspecified atom stereocenters. The molecule has 8 heteroatoms. The Kier molecular flexibility index (Phi) is 8.41. The summed E-state index contributed by atoms with van der Waals surface area (Å²) in [7, 11) is 0. The van der Waals surface area contributed by atoms with Crippen LogP contribution in [-0.2, 0) is 12.8 Å². The number of hydrogen-bond acceptors (Lipinski definition) is 8. The first-order valence-corrected chi connectivity index (χ1v) is 13.6. The molecule has 0 bridgehead atoms. The van der Waals surface area contributed by atoms with Crippen molar-refractivity contribution in [2.75, 3.05) is 34.9 Å². The Hall–Kier alpha value is -3.33. The number of rotatable bonds is 6. The van der Waals surface area contributed by atoms with E-state index in [2.05, 4.69) is 94.6 Å². The molecule has 2 aromatic carbocycles. The summed E-state index contributed by atoms with van der Waals surface area (Å²) in [5.74, 6) is 1.44. The summed E-state index contributed by atoms with van der Waals surface area (Å²) in [5, 5.41) is 24.4. The predicted octanol–water partition coefficient (Wildman–Crippen LogP) is 5.62. The van der Waals surface area contributed by atoms with E-state index in [1.54, 1.807) is 17.8 Å². The Morgan fingerprint density at radius 2 is 1.51 bits per heavy atom. The molecule has 0 amide bonds. The number of hydrogen-bond donors (Lipinski definition) is 1. The molecular weight excluding hydrogens is 472 g/mol. The fourth-order valence-corrected chi connectivity index (χ4v) is 5.63. The number of anilines is 2. The molecule has 2 aliphatic rings. The van der Waals surface area contributed by atoms with Crippen LogP contribution in [0.5, 0.6) is 0 Å². The largest absolute Gasteiger partial charge is 0.361 e. The Morgan fingerprint density at radius 1 is 0.914 bits per heavy atom. The van der Waals surface area contributed by atoms with E-state index in [0.29, 0.717) is 35.4 Å². The summed E-state index contributed by atoms with van der Waals surface area (Å²) in [5.41, 5.74) is 5.79. The van der Waals surface area contributed by atoms with Gasteiger partial charge in [-0.15, -0.1) is 0 Å². The highest BCUT2D eigenvalue weighted by atomic mass is 32.2. The van der Waals surface area contributed by atoms with Crippen LogP contribution in [0.2, 0.25) is 0 Å². The molecule has 0 saturated carbocycles. The van der Waals surface area contributed by atoms with Crippen LogP contribution in [0.3, 0.4) is 0 Å². The number of aryl methyl sites for hydroxylation is 2. The third kappa shape index (κ3) is 6.03. The van der Waals surface area contributed by atoms with Crippen LogP contribution < -0.4 is 15.1 Å². The lowest BCUT2D eigenvalue weighted by molar-refractivity contribution is 0.773. The van der Waals surface area contributed by atoms with E-state index >= 15 is 0 Å². The van der Waals surface area contributed by atoms with E-state index in [-0.39, 0.29) is 0 Å². The van der Waals surface area contributed by atoms with Crippen LogP contribution in [0.15, 0.2) is 75.8 Å². The molecule has 1 saturated heterocycles. The average Bonchev–Trinajstić information content (AvgIpc) is 2.94. The molecule has 0 atom stereocenters. The normalized spacial score (nSPS) is 17.7. The standard InChI is InChI=1S/C27H28N6S2/c1-3-20-5-9-24(10-6-20)32-16-30-26(34-18-32)22(14-28)13-23(15-29)27-31-17-33(19-35-27)25-11-7-21(4-2)8-12-25/h5-13,30H,3-4,16-19H2,1-2H3. The topological polar surface area (TPSA) is 78.4 Å². The Bertz CT molecular complexity index is 1210. The molecule has 0 aromatic heterocycles. The molecule has 0 aliphatic carbocycles. The van der Waals surface area contributed by atoms with Crippen molar-refractivity contribution in [1.82, 2.24) is 5.32 Å². The number of nitrogens with one attached hydrogen (secondary N) is 1. The van der Waals surface area contributed by atoms with Gasteiger partial charge in [0, 0.05) is 11.4 Å². The van der Waals surface area contributed by atoms with E-state index in [4.69, 9.17) is 0 Å². The predicted molar refractivity (Wildman–Crippen MR) is 148 cm³/mol. The summed E-state index contributed by atoms with van der Waals surface area (Å²) in [6.45, 7) is 5.39. The van der Waals surface area contributed by atoms with E-state index in [0.717, 1.165) is 35.1 Å². The Labute approximate surface area is 216 Å². The van der Waals surface area contributed by atoms with Crippen molar-refractivity contribution >= 4 is 39.9 Å². The minimum absolute atomic E-state index is 0.431. The molecule has 6 nitrogen and oxygen atoms in total. The highest BCUT2D eigenvalue weighted by Crippen LogP contribution is 2.29. The van der Waals surface area contributed by atoms with Crippen LogP contribution in [0.25, 0.3) is 0 Å². The number of benzene rings is 2. The summed E-state index contributed by atoms with van der Waals surface area (Å²) in [4.78, 5) is 9.04. The van der Waals surface area contributed by atoms with E-state index < -0.39 is 0 Å². The minimum atomic E-state index is 0.431. The maximum Gasteiger partial charge on any atom is 0.112 e. The highest BCUT2D eigenvalue weighted by Gasteiger charge is 2.20. The number of allylic oxidation sites excluding steroid dienone is 2. The lowest BCUT2D eigenvalue weighted by Crippen LogP contribution is -2.38. The van der Waals surface area contributed by atoms with Crippen molar-refractivity contribution in [1.29, 1.82) is 10.5 Å². The van der Waals surface area contributed by atoms with Gasteiger partial charge >= 0.3 is 0 Å². The minimum Gasteiger partial charge on any atom is -0.361 e. The van der Waals surface area contributed by atoms with E-state index in [1.165, 1.54) is 22.9 Å². The van der Waals surface area contributed by atoms with Gasteiger partial charge in [-0.3, -0.25) is 4.99 Å². The molecule has 2 aromatic rings. The smallest absolute Gasteiger partial charge is 0.112 e. The quantitative estimate of drug-likeness (QED) is 0.516. The second-order valence-corrected chi connectivity index (χ2v) is 10.0. The maximum atomic E-state index is 9.81. The van der Waals surface area contributed by atoms with Gasteiger partial charge in [0.1, 0.15) is 23.9 Å². The van der Waals surface area contributed by atoms with E-state index in [1.807, 2.05) is 0 Å². The first-order valence-electron chi connectivity index (χ1n) is 11.6. The van der Waals surface area contributed by atoms with Crippen molar-refractivity contribution in [3.8, 4) is 12.1 Å². The van der Waals surface area contributed by atoms with Gasteiger partial charge in [0.15, 0.2) is 0 Å². The summed E-state index contributed by atoms with van der Waals surface area (Å²) >= 11 is 3.10. The third-order valence-electron chi connectivity index (χ3n) is 5.96. The monoisotopic (exact) mass is 500 g/mol. The van der Waals surface area contributed by atoms with Gasteiger partial charge in [0.05, 0.1) is 34.6 Å². The highest BCUT2D eigenvalue weighted by molar-refractivity contribution is 8.14. The van der Waals surface area contributed by atoms with Gasteiger partial charge < -0.3 is 15.1 Å². The zero-order valence-electron chi connectivity index (χ0n) is 20.0. The lowest BCUT2D eigenvalue weighted by atomic mass is 10.1. The van der Waals surface area contributed by atoms with E-state index in [9.17, 15) is 10.5 Å². The van der Waals surface area contributed by atoms with Crippen molar-refractivity contribution in [3.63, 3.8) is 0 Å². The number of thioether (sulfide) groups is 2. The van der Waals surface area contributed by atoms with Gasteiger partial charge in [0.2, 0.25) is 0 Å².